The molecule has 0 N–H and O–H groups in total. The standard InChI is InChI=1S/C60H38N2O/c1-2-12-45(13-3-1)61-55-21-8-5-16-53(55)59-47(17-11-22-56(59)61)44-34-37-50-49-14-4-7-20-54(49)62(57(50)38-44)46-35-32-42(33-36-46)40-26-24-39(25-27-40)41-28-30-43(31-29-41)48-18-10-19-52-51-15-6-9-23-58(51)63-60(48)52/h1-38H. The maximum atomic E-state index is 6.33. The predicted octanol–water partition coefficient (Wildman–Crippen LogP) is 16.4. The molecule has 0 unspecified atom stereocenters. The second-order valence-electron chi connectivity index (χ2n) is 16.5. The monoisotopic (exact) mass is 802 g/mol. The minimum atomic E-state index is 0.918. The molecule has 0 saturated carbocycles. The number of furan rings is 1. The lowest BCUT2D eigenvalue weighted by Crippen LogP contribution is -1.94. The SMILES string of the molecule is c1ccc(-n2c3ccccc3c3c(-c4ccc5c6ccccc6n(-c6ccc(-c7ccc(-c8ccc(-c9cccc%10c9oc9ccccc9%10)cc8)cc7)cc6)c5c4)cccc32)cc1. The normalized spacial score (nSPS) is 11.8. The van der Waals surface area contributed by atoms with E-state index in [0.717, 1.165) is 44.4 Å². The zero-order valence-corrected chi connectivity index (χ0v) is 34.2. The van der Waals surface area contributed by atoms with Gasteiger partial charge in [-0.15, -0.1) is 0 Å². The zero-order valence-electron chi connectivity index (χ0n) is 34.2. The van der Waals surface area contributed by atoms with Crippen molar-refractivity contribution in [3.05, 3.63) is 231 Å². The second kappa shape index (κ2) is 14.1. The highest BCUT2D eigenvalue weighted by Crippen LogP contribution is 2.42. The van der Waals surface area contributed by atoms with E-state index in [1.807, 2.05) is 12.1 Å². The van der Waals surface area contributed by atoms with Crippen molar-refractivity contribution in [1.82, 2.24) is 9.13 Å². The van der Waals surface area contributed by atoms with Gasteiger partial charge in [0.15, 0.2) is 0 Å². The van der Waals surface area contributed by atoms with Crippen LogP contribution >= 0.6 is 0 Å². The van der Waals surface area contributed by atoms with Gasteiger partial charge in [-0.2, -0.15) is 0 Å². The highest BCUT2D eigenvalue weighted by Gasteiger charge is 2.19. The summed E-state index contributed by atoms with van der Waals surface area (Å²) < 4.78 is 11.1. The summed E-state index contributed by atoms with van der Waals surface area (Å²) >= 11 is 0. The van der Waals surface area contributed by atoms with Crippen LogP contribution in [0.1, 0.15) is 0 Å². The van der Waals surface area contributed by atoms with Gasteiger partial charge in [-0.1, -0.05) is 176 Å². The van der Waals surface area contributed by atoms with Gasteiger partial charge < -0.3 is 13.6 Å². The van der Waals surface area contributed by atoms with Crippen molar-refractivity contribution in [2.75, 3.05) is 0 Å². The summed E-state index contributed by atoms with van der Waals surface area (Å²) in [7, 11) is 0. The average molecular weight is 803 g/mol. The minimum absolute atomic E-state index is 0.918. The van der Waals surface area contributed by atoms with Crippen LogP contribution < -0.4 is 0 Å². The van der Waals surface area contributed by atoms with Crippen LogP contribution in [0, 0.1) is 0 Å². The van der Waals surface area contributed by atoms with Gasteiger partial charge in [0.1, 0.15) is 11.2 Å². The van der Waals surface area contributed by atoms with Crippen molar-refractivity contribution < 1.29 is 4.42 Å². The maximum Gasteiger partial charge on any atom is 0.143 e. The highest BCUT2D eigenvalue weighted by atomic mass is 16.3. The van der Waals surface area contributed by atoms with Crippen LogP contribution in [0.4, 0.5) is 0 Å². The van der Waals surface area contributed by atoms with Crippen LogP contribution in [0.25, 0.3) is 121 Å². The molecule has 10 aromatic carbocycles. The minimum Gasteiger partial charge on any atom is -0.455 e. The molecule has 0 aliphatic rings. The van der Waals surface area contributed by atoms with E-state index in [0.29, 0.717) is 0 Å². The molecular weight excluding hydrogens is 765 g/mol. The van der Waals surface area contributed by atoms with Crippen LogP contribution in [0.15, 0.2) is 235 Å². The second-order valence-corrected chi connectivity index (χ2v) is 16.5. The van der Waals surface area contributed by atoms with Crippen LogP contribution in [0.5, 0.6) is 0 Å². The number of hydrogen-bond donors (Lipinski definition) is 0. The Morgan fingerprint density at radius 1 is 0.270 bits per heavy atom. The molecule has 0 atom stereocenters. The number of aromatic nitrogens is 2. The Bertz CT molecular complexity index is 3870. The molecule has 0 aliphatic heterocycles. The molecule has 0 bridgehead atoms. The third-order valence-electron chi connectivity index (χ3n) is 13.0. The summed E-state index contributed by atoms with van der Waals surface area (Å²) in [6.07, 6.45) is 0. The highest BCUT2D eigenvalue weighted by molar-refractivity contribution is 6.17. The quantitative estimate of drug-likeness (QED) is 0.164. The van der Waals surface area contributed by atoms with Gasteiger partial charge in [-0.25, -0.2) is 0 Å². The van der Waals surface area contributed by atoms with E-state index in [9.17, 15) is 0 Å². The van der Waals surface area contributed by atoms with Crippen LogP contribution in [-0.2, 0) is 0 Å². The number of hydrogen-bond acceptors (Lipinski definition) is 1. The molecule has 63 heavy (non-hydrogen) atoms. The fourth-order valence-electron chi connectivity index (χ4n) is 10.0. The van der Waals surface area contributed by atoms with Crippen molar-refractivity contribution in [1.29, 1.82) is 0 Å². The van der Waals surface area contributed by atoms with Gasteiger partial charge in [-0.3, -0.25) is 0 Å². The van der Waals surface area contributed by atoms with E-state index in [4.69, 9.17) is 4.42 Å². The van der Waals surface area contributed by atoms with Gasteiger partial charge in [0, 0.05) is 49.3 Å². The number of para-hydroxylation sites is 5. The van der Waals surface area contributed by atoms with Gasteiger partial charge in [0.2, 0.25) is 0 Å². The lowest BCUT2D eigenvalue weighted by atomic mass is 9.97. The Morgan fingerprint density at radius 3 is 1.48 bits per heavy atom. The average Bonchev–Trinajstić information content (AvgIpc) is 4.02. The Balaban J connectivity index is 0.841. The van der Waals surface area contributed by atoms with Crippen molar-refractivity contribution in [2.24, 2.45) is 0 Å². The van der Waals surface area contributed by atoms with Crippen LogP contribution in [0.2, 0.25) is 0 Å². The molecule has 0 spiro atoms. The van der Waals surface area contributed by atoms with Crippen molar-refractivity contribution in [3.8, 4) is 55.9 Å². The maximum absolute atomic E-state index is 6.33. The molecule has 0 radical (unpaired) electrons. The Morgan fingerprint density at radius 2 is 0.746 bits per heavy atom. The first-order chi connectivity index (χ1) is 31.2. The van der Waals surface area contributed by atoms with E-state index >= 15 is 0 Å². The topological polar surface area (TPSA) is 23.0 Å². The zero-order chi connectivity index (χ0) is 41.4. The Kier molecular flexibility index (Phi) is 7.91. The van der Waals surface area contributed by atoms with Crippen LogP contribution in [0.3, 0.4) is 0 Å². The molecule has 3 heterocycles. The first-order valence-electron chi connectivity index (χ1n) is 21.6. The van der Waals surface area contributed by atoms with Crippen molar-refractivity contribution in [2.45, 2.75) is 0 Å². The smallest absolute Gasteiger partial charge is 0.143 e. The van der Waals surface area contributed by atoms with E-state index < -0.39 is 0 Å². The van der Waals surface area contributed by atoms with E-state index in [1.165, 1.54) is 77.0 Å². The molecule has 13 aromatic rings. The number of nitrogens with zero attached hydrogens (tertiary/aromatic N) is 2. The largest absolute Gasteiger partial charge is 0.455 e. The first-order valence-corrected chi connectivity index (χ1v) is 21.6. The molecular formula is C60H38N2O. The molecule has 0 aliphatic carbocycles. The van der Waals surface area contributed by atoms with Crippen molar-refractivity contribution >= 4 is 65.6 Å². The van der Waals surface area contributed by atoms with E-state index in [-0.39, 0.29) is 0 Å². The fraction of sp³-hybridized carbons (Fsp3) is 0. The number of benzene rings is 10. The van der Waals surface area contributed by atoms with Gasteiger partial charge in [-0.05, 0) is 93.5 Å². The molecule has 3 heteroatoms. The molecule has 3 nitrogen and oxygen atoms in total. The summed E-state index contributed by atoms with van der Waals surface area (Å²) in [5, 5.41) is 7.31. The molecule has 0 amide bonds. The van der Waals surface area contributed by atoms with Gasteiger partial charge in [0.25, 0.3) is 0 Å². The van der Waals surface area contributed by atoms with E-state index in [2.05, 4.69) is 228 Å². The molecule has 3 aromatic heterocycles. The van der Waals surface area contributed by atoms with Crippen LogP contribution in [-0.4, -0.2) is 9.13 Å². The Hall–Kier alpha value is -8.40. The summed E-state index contributed by atoms with van der Waals surface area (Å²) in [5.41, 5.74) is 18.4. The van der Waals surface area contributed by atoms with Gasteiger partial charge in [0.05, 0.1) is 22.1 Å². The molecule has 13 rings (SSSR count). The summed E-state index contributed by atoms with van der Waals surface area (Å²) in [6, 6.07) is 83.4. The Labute approximate surface area is 363 Å². The molecule has 0 fully saturated rings. The van der Waals surface area contributed by atoms with E-state index in [1.54, 1.807) is 0 Å². The van der Waals surface area contributed by atoms with Gasteiger partial charge >= 0.3 is 0 Å². The predicted molar refractivity (Wildman–Crippen MR) is 264 cm³/mol. The van der Waals surface area contributed by atoms with Crippen molar-refractivity contribution in [3.63, 3.8) is 0 Å². The summed E-state index contributed by atoms with van der Waals surface area (Å²) in [4.78, 5) is 0. The molecule has 0 saturated heterocycles. The first kappa shape index (κ1) is 35.4. The summed E-state index contributed by atoms with van der Waals surface area (Å²) in [5.74, 6) is 0. The third-order valence-corrected chi connectivity index (χ3v) is 13.0. The third kappa shape index (κ3) is 5.60. The molecule has 294 valence electrons. The fourth-order valence-corrected chi connectivity index (χ4v) is 10.0. The lowest BCUT2D eigenvalue weighted by molar-refractivity contribution is 0.670. The lowest BCUT2D eigenvalue weighted by Gasteiger charge is -2.12. The number of rotatable bonds is 6. The summed E-state index contributed by atoms with van der Waals surface area (Å²) in [6.45, 7) is 0. The number of fused-ring (bicyclic) bond motifs is 9.